The Labute approximate surface area is 164 Å². The molecule has 2 fully saturated rings. The molecule has 2 heterocycles. The van der Waals surface area contributed by atoms with E-state index in [1.807, 2.05) is 6.07 Å². The highest BCUT2D eigenvalue weighted by molar-refractivity contribution is 6.33. The van der Waals surface area contributed by atoms with E-state index in [1.165, 1.54) is 12.0 Å². The number of rotatable bonds is 5. The molecular weight excluding hydrogens is 362 g/mol. The molecule has 5 nitrogen and oxygen atoms in total. The fourth-order valence-corrected chi connectivity index (χ4v) is 4.08. The first kappa shape index (κ1) is 18.3. The number of carbonyl (C=O) groups excluding carboxylic acids is 1. The third-order valence-electron chi connectivity index (χ3n) is 5.68. The van der Waals surface area contributed by atoms with Crippen LogP contribution in [0.15, 0.2) is 42.6 Å². The van der Waals surface area contributed by atoms with Gasteiger partial charge in [0.25, 0.3) is 5.91 Å². The summed E-state index contributed by atoms with van der Waals surface area (Å²) in [5.41, 5.74) is 2.03. The highest BCUT2D eigenvalue weighted by atomic mass is 35.5. The van der Waals surface area contributed by atoms with Gasteiger partial charge in [0, 0.05) is 31.2 Å². The normalized spacial score (nSPS) is 18.6. The lowest BCUT2D eigenvalue weighted by atomic mass is 9.64. The van der Waals surface area contributed by atoms with E-state index in [-0.39, 0.29) is 11.3 Å². The van der Waals surface area contributed by atoms with Crippen LogP contribution in [-0.2, 0) is 10.2 Å². The van der Waals surface area contributed by atoms with Gasteiger partial charge in [-0.2, -0.15) is 0 Å². The Morgan fingerprint density at radius 2 is 1.96 bits per heavy atom. The van der Waals surface area contributed by atoms with E-state index in [0.29, 0.717) is 42.7 Å². The molecule has 1 saturated heterocycles. The van der Waals surface area contributed by atoms with Gasteiger partial charge in [-0.15, -0.1) is 0 Å². The number of aromatic nitrogens is 1. The molecule has 4 rings (SSSR count). The monoisotopic (exact) mass is 385 g/mol. The molecule has 2 aliphatic rings. The van der Waals surface area contributed by atoms with Gasteiger partial charge in [-0.1, -0.05) is 48.4 Å². The third kappa shape index (κ3) is 3.80. The van der Waals surface area contributed by atoms with Gasteiger partial charge in [0.05, 0.1) is 23.8 Å². The van der Waals surface area contributed by atoms with E-state index in [2.05, 4.69) is 34.6 Å². The van der Waals surface area contributed by atoms with Crippen molar-refractivity contribution in [2.45, 2.75) is 24.7 Å². The molecule has 2 aromatic rings. The first-order chi connectivity index (χ1) is 13.2. The lowest BCUT2D eigenvalue weighted by Crippen LogP contribution is -2.41. The number of benzene rings is 1. The Morgan fingerprint density at radius 1 is 1.22 bits per heavy atom. The summed E-state index contributed by atoms with van der Waals surface area (Å²) in [7, 11) is 0. The van der Waals surface area contributed by atoms with Gasteiger partial charge in [0.15, 0.2) is 0 Å². The van der Waals surface area contributed by atoms with Crippen LogP contribution in [0.3, 0.4) is 0 Å². The number of nitrogens with one attached hydrogen (secondary N) is 1. The number of halogens is 1. The second-order valence-corrected chi connectivity index (χ2v) is 7.72. The van der Waals surface area contributed by atoms with Crippen LogP contribution in [0, 0.1) is 0 Å². The van der Waals surface area contributed by atoms with Gasteiger partial charge < -0.3 is 15.0 Å². The average molecular weight is 386 g/mol. The van der Waals surface area contributed by atoms with Crippen LogP contribution in [0.4, 0.5) is 5.82 Å². The largest absolute Gasteiger partial charge is 0.378 e. The fourth-order valence-electron chi connectivity index (χ4n) is 3.85. The molecule has 0 radical (unpaired) electrons. The molecule has 1 N–H and O–H groups in total. The number of amides is 1. The molecular formula is C21H24ClN3O2. The van der Waals surface area contributed by atoms with Gasteiger partial charge in [0.2, 0.25) is 0 Å². The van der Waals surface area contributed by atoms with Crippen LogP contribution in [0.2, 0.25) is 5.02 Å². The van der Waals surface area contributed by atoms with Crippen molar-refractivity contribution < 1.29 is 9.53 Å². The number of morpholine rings is 1. The number of hydrogen-bond acceptors (Lipinski definition) is 4. The predicted octanol–water partition coefficient (Wildman–Crippen LogP) is 3.74. The average Bonchev–Trinajstić information content (AvgIpc) is 2.69. The smallest absolute Gasteiger partial charge is 0.255 e. The molecule has 0 bridgehead atoms. The van der Waals surface area contributed by atoms with Gasteiger partial charge in [0.1, 0.15) is 5.82 Å². The number of carbonyl (C=O) groups is 1. The van der Waals surface area contributed by atoms with E-state index < -0.39 is 0 Å². The number of ether oxygens (including phenoxy) is 1. The van der Waals surface area contributed by atoms with Gasteiger partial charge >= 0.3 is 0 Å². The van der Waals surface area contributed by atoms with Crippen molar-refractivity contribution in [3.63, 3.8) is 0 Å². The van der Waals surface area contributed by atoms with Crippen LogP contribution in [0.25, 0.3) is 0 Å². The fraction of sp³-hybridized carbons (Fsp3) is 0.429. The van der Waals surface area contributed by atoms with Crippen molar-refractivity contribution in [3.8, 4) is 0 Å². The highest BCUT2D eigenvalue weighted by Crippen LogP contribution is 2.43. The van der Waals surface area contributed by atoms with Crippen LogP contribution >= 0.6 is 11.6 Å². The lowest BCUT2D eigenvalue weighted by molar-refractivity contribution is 0.0302. The molecule has 27 heavy (non-hydrogen) atoms. The third-order valence-corrected chi connectivity index (χ3v) is 5.97. The predicted molar refractivity (Wildman–Crippen MR) is 106 cm³/mol. The van der Waals surface area contributed by atoms with Crippen molar-refractivity contribution in [2.75, 3.05) is 38.2 Å². The van der Waals surface area contributed by atoms with Crippen molar-refractivity contribution in [1.82, 2.24) is 9.88 Å². The molecule has 1 aliphatic carbocycles. The van der Waals surface area contributed by atoms with Gasteiger partial charge in [-0.3, -0.25) is 4.79 Å². The van der Waals surface area contributed by atoms with Gasteiger partial charge in [-0.05, 0) is 24.5 Å². The summed E-state index contributed by atoms with van der Waals surface area (Å²) in [6.45, 7) is 3.16. The van der Waals surface area contributed by atoms with E-state index in [0.717, 1.165) is 19.4 Å². The van der Waals surface area contributed by atoms with Crippen LogP contribution in [0.5, 0.6) is 0 Å². The van der Waals surface area contributed by atoms with Crippen LogP contribution in [-0.4, -0.2) is 48.6 Å². The summed E-state index contributed by atoms with van der Waals surface area (Å²) in [6.07, 6.45) is 5.18. The summed E-state index contributed by atoms with van der Waals surface area (Å²) in [4.78, 5) is 18.8. The number of anilines is 1. The van der Waals surface area contributed by atoms with Crippen molar-refractivity contribution in [2.24, 2.45) is 0 Å². The molecule has 0 atom stereocenters. The zero-order valence-electron chi connectivity index (χ0n) is 15.3. The van der Waals surface area contributed by atoms with Crippen molar-refractivity contribution in [1.29, 1.82) is 0 Å². The maximum atomic E-state index is 12.6. The molecule has 1 saturated carbocycles. The summed E-state index contributed by atoms with van der Waals surface area (Å²) < 4.78 is 5.30. The molecule has 1 aromatic heterocycles. The number of hydrogen-bond donors (Lipinski definition) is 1. The minimum atomic E-state index is -0.0426. The van der Waals surface area contributed by atoms with Crippen LogP contribution in [0.1, 0.15) is 35.2 Å². The Balaban J connectivity index is 1.44. The Kier molecular flexibility index (Phi) is 5.32. The van der Waals surface area contributed by atoms with Crippen molar-refractivity contribution >= 4 is 23.3 Å². The summed E-state index contributed by atoms with van der Waals surface area (Å²) in [5, 5.41) is 3.89. The topological polar surface area (TPSA) is 54.5 Å². The van der Waals surface area contributed by atoms with Crippen molar-refractivity contribution in [3.05, 3.63) is 58.7 Å². The zero-order valence-corrected chi connectivity index (χ0v) is 16.0. The SMILES string of the molecule is O=C(c1cnc(NCC2(c3ccccc3)CCC2)c(Cl)c1)N1CCOCC1. The van der Waals surface area contributed by atoms with Gasteiger partial charge in [-0.25, -0.2) is 4.98 Å². The second kappa shape index (κ2) is 7.87. The molecule has 1 aromatic carbocycles. The molecule has 1 aliphatic heterocycles. The van der Waals surface area contributed by atoms with E-state index in [1.54, 1.807) is 17.2 Å². The maximum Gasteiger partial charge on any atom is 0.255 e. The zero-order chi connectivity index (χ0) is 18.7. The molecule has 6 heteroatoms. The first-order valence-corrected chi connectivity index (χ1v) is 9.88. The Morgan fingerprint density at radius 3 is 2.59 bits per heavy atom. The summed E-state index contributed by atoms with van der Waals surface area (Å²) in [6, 6.07) is 12.3. The van der Waals surface area contributed by atoms with E-state index in [9.17, 15) is 4.79 Å². The summed E-state index contributed by atoms with van der Waals surface area (Å²) >= 11 is 6.43. The highest BCUT2D eigenvalue weighted by Gasteiger charge is 2.38. The van der Waals surface area contributed by atoms with E-state index >= 15 is 0 Å². The molecule has 1 amide bonds. The van der Waals surface area contributed by atoms with Crippen LogP contribution < -0.4 is 5.32 Å². The second-order valence-electron chi connectivity index (χ2n) is 7.31. The maximum absolute atomic E-state index is 12.6. The Hall–Kier alpha value is -2.11. The minimum Gasteiger partial charge on any atom is -0.378 e. The lowest BCUT2D eigenvalue weighted by Gasteiger charge is -2.42. The quantitative estimate of drug-likeness (QED) is 0.851. The number of nitrogens with zero attached hydrogens (tertiary/aromatic N) is 2. The minimum absolute atomic E-state index is 0.0426. The molecule has 0 unspecified atom stereocenters. The first-order valence-electron chi connectivity index (χ1n) is 9.50. The standard InChI is InChI=1S/C21H24ClN3O2/c22-18-13-16(20(26)25-9-11-27-12-10-25)14-23-19(18)24-15-21(7-4-8-21)17-5-2-1-3-6-17/h1-3,5-6,13-14H,4,7-12,15H2,(H,23,24). The molecule has 142 valence electrons. The van der Waals surface area contributed by atoms with E-state index in [4.69, 9.17) is 16.3 Å². The summed E-state index contributed by atoms with van der Waals surface area (Å²) in [5.74, 6) is 0.594. The number of pyridine rings is 1. The Bertz CT molecular complexity index is 802. The molecule has 0 spiro atoms.